The molecule has 4 nitrogen and oxygen atoms in total. The predicted molar refractivity (Wildman–Crippen MR) is 62.8 cm³/mol. The van der Waals surface area contributed by atoms with Gasteiger partial charge in [0.25, 0.3) is 0 Å². The lowest BCUT2D eigenvalue weighted by Crippen LogP contribution is -2.08. The van der Waals surface area contributed by atoms with E-state index in [-0.39, 0.29) is 12.4 Å². The van der Waals surface area contributed by atoms with Gasteiger partial charge in [0.15, 0.2) is 0 Å². The molecule has 0 spiro atoms. The van der Waals surface area contributed by atoms with Crippen LogP contribution in [0.1, 0.15) is 23.6 Å². The number of nitriles is 1. The van der Waals surface area contributed by atoms with E-state index in [4.69, 9.17) is 4.74 Å². The van der Waals surface area contributed by atoms with Gasteiger partial charge in [-0.05, 0) is 18.1 Å². The van der Waals surface area contributed by atoms with Crippen molar-refractivity contribution in [3.63, 3.8) is 0 Å². The van der Waals surface area contributed by atoms with E-state index in [2.05, 4.69) is 10.8 Å². The molecule has 0 aromatic heterocycles. The van der Waals surface area contributed by atoms with Crippen LogP contribution in [0.15, 0.2) is 12.1 Å². The van der Waals surface area contributed by atoms with E-state index in [1.54, 1.807) is 19.2 Å². The zero-order valence-corrected chi connectivity index (χ0v) is 10.2. The molecule has 0 fully saturated rings. The first-order valence-electron chi connectivity index (χ1n) is 5.33. The molecule has 0 aliphatic rings. The van der Waals surface area contributed by atoms with E-state index < -0.39 is 0 Å². The van der Waals surface area contributed by atoms with Gasteiger partial charge in [-0.15, -0.1) is 0 Å². The lowest BCUT2D eigenvalue weighted by atomic mass is 9.97. The van der Waals surface area contributed by atoms with Crippen LogP contribution in [0.2, 0.25) is 0 Å². The molecule has 0 saturated carbocycles. The molecule has 0 unspecified atom stereocenters. The number of hydrogen-bond donors (Lipinski definition) is 0. The first-order valence-corrected chi connectivity index (χ1v) is 5.33. The minimum absolute atomic E-state index is 0.108. The molecule has 0 N–H and O–H groups in total. The second-order valence-electron chi connectivity index (χ2n) is 3.50. The van der Waals surface area contributed by atoms with Crippen molar-refractivity contribution in [3.05, 3.63) is 28.8 Å². The van der Waals surface area contributed by atoms with Crippen LogP contribution in [0.25, 0.3) is 0 Å². The van der Waals surface area contributed by atoms with Crippen molar-refractivity contribution in [2.24, 2.45) is 0 Å². The first kappa shape index (κ1) is 13.0. The second kappa shape index (κ2) is 5.90. The Labute approximate surface area is 101 Å². The molecule has 0 bridgehead atoms. The number of esters is 1. The zero-order valence-electron chi connectivity index (χ0n) is 10.2. The Bertz CT molecular complexity index is 460. The summed E-state index contributed by atoms with van der Waals surface area (Å²) in [5.74, 6) is 0.325. The predicted octanol–water partition coefficient (Wildman–Crippen LogP) is 1.84. The highest BCUT2D eigenvalue weighted by Gasteiger charge is 2.14. The SMILES string of the molecule is CCc1c(OC)ccc(CC(=O)OC)c1C#N. The Kier molecular flexibility index (Phi) is 4.53. The second-order valence-corrected chi connectivity index (χ2v) is 3.50. The molecule has 0 aliphatic heterocycles. The largest absolute Gasteiger partial charge is 0.496 e. The summed E-state index contributed by atoms with van der Waals surface area (Å²) in [6, 6.07) is 5.64. The third kappa shape index (κ3) is 2.76. The van der Waals surface area contributed by atoms with Crippen molar-refractivity contribution in [2.45, 2.75) is 19.8 Å². The van der Waals surface area contributed by atoms with Gasteiger partial charge in [0.05, 0.1) is 32.3 Å². The maximum atomic E-state index is 11.2. The summed E-state index contributed by atoms with van der Waals surface area (Å²) in [7, 11) is 2.90. The monoisotopic (exact) mass is 233 g/mol. The first-order chi connectivity index (χ1) is 8.17. The average Bonchev–Trinajstić information content (AvgIpc) is 2.37. The molecule has 1 aromatic carbocycles. The fraction of sp³-hybridized carbons (Fsp3) is 0.385. The van der Waals surface area contributed by atoms with Crippen LogP contribution in [-0.4, -0.2) is 20.2 Å². The van der Waals surface area contributed by atoms with Crippen LogP contribution in [-0.2, 0) is 22.4 Å². The average molecular weight is 233 g/mol. The lowest BCUT2D eigenvalue weighted by molar-refractivity contribution is -0.139. The van der Waals surface area contributed by atoms with Gasteiger partial charge in [0.2, 0.25) is 0 Å². The van der Waals surface area contributed by atoms with Crippen LogP contribution in [0.5, 0.6) is 5.75 Å². The van der Waals surface area contributed by atoms with Gasteiger partial charge in [0.1, 0.15) is 5.75 Å². The van der Waals surface area contributed by atoms with Gasteiger partial charge in [-0.3, -0.25) is 4.79 Å². The number of benzene rings is 1. The van der Waals surface area contributed by atoms with Crippen LogP contribution < -0.4 is 4.74 Å². The fourth-order valence-corrected chi connectivity index (χ4v) is 1.73. The van der Waals surface area contributed by atoms with E-state index in [1.165, 1.54) is 7.11 Å². The van der Waals surface area contributed by atoms with Crippen molar-refractivity contribution in [1.29, 1.82) is 5.26 Å². The van der Waals surface area contributed by atoms with Crippen LogP contribution in [0, 0.1) is 11.3 Å². The van der Waals surface area contributed by atoms with E-state index in [1.807, 2.05) is 6.92 Å². The molecule has 1 aromatic rings. The smallest absolute Gasteiger partial charge is 0.310 e. The minimum atomic E-state index is -0.353. The molecule has 0 heterocycles. The van der Waals surface area contributed by atoms with Crippen LogP contribution in [0.3, 0.4) is 0 Å². The molecular formula is C13H15NO3. The number of carbonyl (C=O) groups is 1. The standard InChI is InChI=1S/C13H15NO3/c1-4-10-11(8-14)9(7-13(15)17-3)5-6-12(10)16-2/h5-6H,4,7H2,1-3H3. The van der Waals surface area contributed by atoms with Gasteiger partial charge >= 0.3 is 5.97 Å². The van der Waals surface area contributed by atoms with Gasteiger partial charge in [-0.2, -0.15) is 5.26 Å². The molecule has 0 amide bonds. The molecular weight excluding hydrogens is 218 g/mol. The van der Waals surface area contributed by atoms with E-state index in [9.17, 15) is 10.1 Å². The van der Waals surface area contributed by atoms with Crippen molar-refractivity contribution >= 4 is 5.97 Å². The molecule has 0 aliphatic carbocycles. The third-order valence-corrected chi connectivity index (χ3v) is 2.60. The summed E-state index contributed by atoms with van der Waals surface area (Å²) in [5, 5.41) is 9.18. The molecule has 17 heavy (non-hydrogen) atoms. The summed E-state index contributed by atoms with van der Waals surface area (Å²) in [6.07, 6.45) is 0.789. The highest BCUT2D eigenvalue weighted by atomic mass is 16.5. The summed E-state index contributed by atoms with van der Waals surface area (Å²) in [6.45, 7) is 1.95. The van der Waals surface area contributed by atoms with Crippen LogP contribution in [0.4, 0.5) is 0 Å². The summed E-state index contributed by atoms with van der Waals surface area (Å²) in [4.78, 5) is 11.2. The van der Waals surface area contributed by atoms with E-state index in [0.717, 1.165) is 5.56 Å². The number of ether oxygens (including phenoxy) is 2. The third-order valence-electron chi connectivity index (χ3n) is 2.60. The van der Waals surface area contributed by atoms with Crippen molar-refractivity contribution in [3.8, 4) is 11.8 Å². The topological polar surface area (TPSA) is 59.3 Å². The fourth-order valence-electron chi connectivity index (χ4n) is 1.73. The molecule has 4 heteroatoms. The lowest BCUT2D eigenvalue weighted by Gasteiger charge is -2.11. The number of rotatable bonds is 4. The van der Waals surface area contributed by atoms with Crippen molar-refractivity contribution in [2.75, 3.05) is 14.2 Å². The summed E-state index contributed by atoms with van der Waals surface area (Å²) >= 11 is 0. The van der Waals surface area contributed by atoms with E-state index in [0.29, 0.717) is 23.3 Å². The van der Waals surface area contributed by atoms with Gasteiger partial charge in [-0.1, -0.05) is 13.0 Å². The zero-order chi connectivity index (χ0) is 12.8. The Morgan fingerprint density at radius 2 is 2.12 bits per heavy atom. The highest BCUT2D eigenvalue weighted by Crippen LogP contribution is 2.26. The number of hydrogen-bond acceptors (Lipinski definition) is 4. The highest BCUT2D eigenvalue weighted by molar-refractivity contribution is 5.74. The minimum Gasteiger partial charge on any atom is -0.496 e. The quantitative estimate of drug-likeness (QED) is 0.744. The van der Waals surface area contributed by atoms with Gasteiger partial charge in [-0.25, -0.2) is 0 Å². The van der Waals surface area contributed by atoms with Crippen molar-refractivity contribution in [1.82, 2.24) is 0 Å². The van der Waals surface area contributed by atoms with E-state index >= 15 is 0 Å². The number of carbonyl (C=O) groups excluding carboxylic acids is 1. The Balaban J connectivity index is 3.24. The molecule has 1 rings (SSSR count). The van der Waals surface area contributed by atoms with Gasteiger partial charge in [0, 0.05) is 5.56 Å². The molecule has 0 atom stereocenters. The Hall–Kier alpha value is -2.02. The Morgan fingerprint density at radius 3 is 2.59 bits per heavy atom. The Morgan fingerprint density at radius 1 is 1.41 bits per heavy atom. The number of methoxy groups -OCH3 is 2. The van der Waals surface area contributed by atoms with Crippen LogP contribution >= 0.6 is 0 Å². The normalized spacial score (nSPS) is 9.53. The summed E-state index contributed by atoms with van der Waals surface area (Å²) in [5.41, 5.74) is 2.02. The molecule has 0 radical (unpaired) electrons. The van der Waals surface area contributed by atoms with Gasteiger partial charge < -0.3 is 9.47 Å². The maximum Gasteiger partial charge on any atom is 0.310 e. The van der Waals surface area contributed by atoms with Crippen molar-refractivity contribution < 1.29 is 14.3 Å². The number of nitrogens with zero attached hydrogens (tertiary/aromatic N) is 1. The maximum absolute atomic E-state index is 11.2. The summed E-state index contributed by atoms with van der Waals surface area (Å²) < 4.78 is 9.80. The molecule has 90 valence electrons. The molecule has 0 saturated heterocycles.